The minimum atomic E-state index is -2.22. The molecule has 4 aromatic rings. The molecule has 1 aliphatic heterocycles. The zero-order valence-electron chi connectivity index (χ0n) is 26.8. The summed E-state index contributed by atoms with van der Waals surface area (Å²) in [5.41, 5.74) is 10.3. The van der Waals surface area contributed by atoms with E-state index in [0.717, 1.165) is 18.1 Å². The van der Waals surface area contributed by atoms with Crippen LogP contribution in [0.5, 0.6) is 0 Å². The normalized spacial score (nSPS) is 15.4. The predicted octanol–water partition coefficient (Wildman–Crippen LogP) is 10.0. The number of aromatic nitrogens is 2. The maximum Gasteiger partial charge on any atom is 0.118 e. The van der Waals surface area contributed by atoms with Crippen LogP contribution < -0.4 is 0 Å². The van der Waals surface area contributed by atoms with Crippen molar-refractivity contribution in [3.8, 4) is 0 Å². The zero-order chi connectivity index (χ0) is 30.1. The zero-order valence-corrected chi connectivity index (χ0v) is 29.8. The molecule has 0 bridgehead atoms. The number of allylic oxidation sites excluding steroid dienone is 2. The third-order valence-electron chi connectivity index (χ3n) is 8.34. The van der Waals surface area contributed by atoms with Crippen molar-refractivity contribution in [3.05, 3.63) is 131 Å². The lowest BCUT2D eigenvalue weighted by atomic mass is 9.89. The Balaban J connectivity index is 1.78. The van der Waals surface area contributed by atoms with Gasteiger partial charge in [0.15, 0.2) is 0 Å². The van der Waals surface area contributed by atoms with Crippen molar-refractivity contribution in [2.45, 2.75) is 70.9 Å². The van der Waals surface area contributed by atoms with E-state index in [-0.39, 0.29) is 0 Å². The van der Waals surface area contributed by atoms with E-state index in [0.29, 0.717) is 0 Å². The molecule has 5 rings (SSSR count). The Hall–Kier alpha value is -3.13. The highest BCUT2D eigenvalue weighted by Gasteiger charge is 2.46. The Morgan fingerprint density at radius 2 is 0.905 bits per heavy atom. The molecule has 0 saturated heterocycles. The summed E-state index contributed by atoms with van der Waals surface area (Å²) in [5, 5.41) is 3.01. The maximum absolute atomic E-state index is 5.07. The van der Waals surface area contributed by atoms with Crippen LogP contribution in [0.1, 0.15) is 40.6 Å². The standard InChI is InChI=1S/C37H46N2Si3/c1-9-42(8)36(30-20-22-32(38-24-30)26-40(2,3)4)34(28-16-12-10-13-17-28)35(29-18-14-11-15-19-29)37(42)31-21-23-33(39-25-31)27-41(5,6)7/h10-25H,9,26-27H2,1-8H3. The van der Waals surface area contributed by atoms with Crippen molar-refractivity contribution in [3.63, 3.8) is 0 Å². The van der Waals surface area contributed by atoms with Gasteiger partial charge < -0.3 is 0 Å². The molecule has 2 aromatic carbocycles. The quantitative estimate of drug-likeness (QED) is 0.178. The molecule has 3 heterocycles. The van der Waals surface area contributed by atoms with Gasteiger partial charge in [-0.1, -0.05) is 132 Å². The van der Waals surface area contributed by atoms with E-state index in [9.17, 15) is 0 Å². The van der Waals surface area contributed by atoms with E-state index >= 15 is 0 Å². The summed E-state index contributed by atoms with van der Waals surface area (Å²) in [4.78, 5) is 10.1. The number of pyridine rings is 2. The number of nitrogens with zero attached hydrogens (tertiary/aromatic N) is 2. The fraction of sp³-hybridized carbons (Fsp3) is 0.297. The molecular formula is C37H46N2Si3. The van der Waals surface area contributed by atoms with Crippen LogP contribution in [0.4, 0.5) is 0 Å². The molecule has 42 heavy (non-hydrogen) atoms. The summed E-state index contributed by atoms with van der Waals surface area (Å²) in [6, 6.07) is 34.7. The van der Waals surface area contributed by atoms with Crippen LogP contribution in [0.15, 0.2) is 97.3 Å². The van der Waals surface area contributed by atoms with Crippen LogP contribution in [0.2, 0.25) is 51.9 Å². The largest absolute Gasteiger partial charge is 0.261 e. The van der Waals surface area contributed by atoms with Gasteiger partial charge in [-0.05, 0) is 68.0 Å². The number of rotatable bonds is 9. The summed E-state index contributed by atoms with van der Waals surface area (Å²) in [7, 11) is -4.74. The molecule has 0 spiro atoms. The van der Waals surface area contributed by atoms with Crippen LogP contribution in [-0.2, 0) is 12.1 Å². The number of hydrogen-bond acceptors (Lipinski definition) is 2. The second-order valence-corrected chi connectivity index (χ2v) is 29.8. The van der Waals surface area contributed by atoms with Crippen molar-refractivity contribution in [2.75, 3.05) is 0 Å². The minimum absolute atomic E-state index is 1.11. The van der Waals surface area contributed by atoms with Gasteiger partial charge >= 0.3 is 0 Å². The molecule has 0 radical (unpaired) electrons. The van der Waals surface area contributed by atoms with E-state index in [1.54, 1.807) is 0 Å². The summed E-state index contributed by atoms with van der Waals surface area (Å²) in [6.07, 6.45) is 4.35. The first kappa shape index (κ1) is 30.3. The van der Waals surface area contributed by atoms with Gasteiger partial charge in [-0.2, -0.15) is 0 Å². The fourth-order valence-electron chi connectivity index (χ4n) is 6.43. The van der Waals surface area contributed by atoms with Crippen LogP contribution in [0, 0.1) is 0 Å². The van der Waals surface area contributed by atoms with Gasteiger partial charge in [0.05, 0.1) is 16.1 Å². The monoisotopic (exact) mass is 602 g/mol. The molecule has 216 valence electrons. The summed E-state index contributed by atoms with van der Waals surface area (Å²) in [6.45, 7) is 19.5. The van der Waals surface area contributed by atoms with Crippen LogP contribution >= 0.6 is 0 Å². The van der Waals surface area contributed by atoms with Crippen molar-refractivity contribution >= 4 is 45.8 Å². The van der Waals surface area contributed by atoms with Crippen LogP contribution in [-0.4, -0.2) is 34.2 Å². The van der Waals surface area contributed by atoms with Gasteiger partial charge in [-0.25, -0.2) is 0 Å². The lowest BCUT2D eigenvalue weighted by molar-refractivity contribution is 1.13. The summed E-state index contributed by atoms with van der Waals surface area (Å²) in [5.74, 6) is 0. The third kappa shape index (κ3) is 6.43. The molecule has 0 fully saturated rings. The second-order valence-electron chi connectivity index (χ2n) is 14.5. The molecule has 0 aliphatic carbocycles. The van der Waals surface area contributed by atoms with E-state index in [4.69, 9.17) is 9.97 Å². The van der Waals surface area contributed by atoms with Gasteiger partial charge in [-0.3, -0.25) is 9.97 Å². The van der Waals surface area contributed by atoms with Gasteiger partial charge in [0.1, 0.15) is 8.07 Å². The van der Waals surface area contributed by atoms with Crippen molar-refractivity contribution < 1.29 is 0 Å². The maximum atomic E-state index is 5.07. The molecule has 0 unspecified atom stereocenters. The molecule has 5 heteroatoms. The third-order valence-corrected chi connectivity index (χ3v) is 15.9. The highest BCUT2D eigenvalue weighted by Crippen LogP contribution is 2.56. The number of benzene rings is 2. The van der Waals surface area contributed by atoms with E-state index < -0.39 is 24.2 Å². The first-order chi connectivity index (χ1) is 19.9. The van der Waals surface area contributed by atoms with Gasteiger partial charge in [0.2, 0.25) is 0 Å². The van der Waals surface area contributed by atoms with Crippen molar-refractivity contribution in [1.82, 2.24) is 9.97 Å². The molecule has 0 N–H and O–H groups in total. The topological polar surface area (TPSA) is 25.8 Å². The highest BCUT2D eigenvalue weighted by atomic mass is 28.3. The van der Waals surface area contributed by atoms with E-state index in [1.807, 2.05) is 0 Å². The molecular weight excluding hydrogens is 557 g/mol. The summed E-state index contributed by atoms with van der Waals surface area (Å²) >= 11 is 0. The Labute approximate surface area is 256 Å². The Kier molecular flexibility index (Phi) is 8.57. The van der Waals surface area contributed by atoms with Gasteiger partial charge in [0.25, 0.3) is 0 Å². The second kappa shape index (κ2) is 11.9. The Bertz CT molecular complexity index is 1470. The average molecular weight is 603 g/mol. The fourth-order valence-corrected chi connectivity index (χ4v) is 13.2. The van der Waals surface area contributed by atoms with Crippen molar-refractivity contribution in [1.29, 1.82) is 0 Å². The Morgan fingerprint density at radius 3 is 1.19 bits per heavy atom. The summed E-state index contributed by atoms with van der Waals surface area (Å²) < 4.78 is 0. The average Bonchev–Trinajstić information content (AvgIpc) is 3.23. The lowest BCUT2D eigenvalue weighted by Crippen LogP contribution is -2.32. The molecule has 2 nitrogen and oxygen atoms in total. The first-order valence-electron chi connectivity index (χ1n) is 15.4. The highest BCUT2D eigenvalue weighted by molar-refractivity contribution is 7.13. The molecule has 0 saturated carbocycles. The van der Waals surface area contributed by atoms with Gasteiger partial charge in [0, 0.05) is 23.8 Å². The SMILES string of the molecule is CC[Si]1(C)C(c2ccc(C[Si](C)(C)C)nc2)=C(c2ccccc2)C(c2ccccc2)=C1c1ccc(C[Si](C)(C)C)nc1. The smallest absolute Gasteiger partial charge is 0.118 e. The predicted molar refractivity (Wildman–Crippen MR) is 191 cm³/mol. The molecule has 0 atom stereocenters. The van der Waals surface area contributed by atoms with E-state index in [2.05, 4.69) is 150 Å². The lowest BCUT2D eigenvalue weighted by Gasteiger charge is -2.30. The molecule has 2 aromatic heterocycles. The van der Waals surface area contributed by atoms with Crippen LogP contribution in [0.25, 0.3) is 21.5 Å². The molecule has 1 aliphatic rings. The number of hydrogen-bond donors (Lipinski definition) is 0. The molecule has 0 amide bonds. The van der Waals surface area contributed by atoms with Crippen LogP contribution in [0.3, 0.4) is 0 Å². The Morgan fingerprint density at radius 1 is 0.524 bits per heavy atom. The van der Waals surface area contributed by atoms with E-state index in [1.165, 1.54) is 55.2 Å². The minimum Gasteiger partial charge on any atom is -0.261 e. The van der Waals surface area contributed by atoms with Crippen molar-refractivity contribution in [2.24, 2.45) is 0 Å². The first-order valence-corrected chi connectivity index (χ1v) is 25.5. The van der Waals surface area contributed by atoms with Gasteiger partial charge in [-0.15, -0.1) is 0 Å².